The largest absolute Gasteiger partial charge is 0.466 e. The molecule has 2 N–H and O–H groups in total. The van der Waals surface area contributed by atoms with Crippen molar-refractivity contribution in [2.45, 2.75) is 26.2 Å². The number of carbonyl (C=O) groups excluding carboxylic acids is 3. The minimum atomic E-state index is -0.406. The van der Waals surface area contributed by atoms with E-state index in [1.54, 1.807) is 24.3 Å². The van der Waals surface area contributed by atoms with Crippen LogP contribution < -0.4 is 10.6 Å². The zero-order valence-electron chi connectivity index (χ0n) is 16.9. The van der Waals surface area contributed by atoms with Gasteiger partial charge in [0.2, 0.25) is 5.91 Å². The van der Waals surface area contributed by atoms with Crippen molar-refractivity contribution in [1.82, 2.24) is 15.1 Å². The van der Waals surface area contributed by atoms with Gasteiger partial charge in [-0.1, -0.05) is 13.0 Å². The van der Waals surface area contributed by atoms with Crippen LogP contribution in [-0.2, 0) is 14.3 Å². The van der Waals surface area contributed by atoms with E-state index >= 15 is 0 Å². The predicted octanol–water partition coefficient (Wildman–Crippen LogP) is 1.62. The molecule has 0 radical (unpaired) electrons. The standard InChI is InChI=1S/C20H28N4O4S/c1-3-13-28-18(26)8-7-17(25)22-20(29)21-16-6-4-5-15(14-16)19(27)24-11-9-23(2)10-12-24/h4-6,14H,3,7-13H2,1-2H3,(H2,21,22,25,29). The molecule has 8 nitrogen and oxygen atoms in total. The maximum absolute atomic E-state index is 12.7. The Labute approximate surface area is 176 Å². The van der Waals surface area contributed by atoms with Gasteiger partial charge in [-0.15, -0.1) is 0 Å². The molecule has 1 fully saturated rings. The fraction of sp³-hybridized carbons (Fsp3) is 0.500. The van der Waals surface area contributed by atoms with E-state index in [1.165, 1.54) is 0 Å². The third kappa shape index (κ3) is 7.78. The number of hydrogen-bond acceptors (Lipinski definition) is 6. The number of nitrogens with one attached hydrogen (secondary N) is 2. The van der Waals surface area contributed by atoms with E-state index < -0.39 is 5.97 Å². The zero-order valence-corrected chi connectivity index (χ0v) is 17.7. The first-order valence-corrected chi connectivity index (χ1v) is 10.1. The molecule has 2 amide bonds. The Kier molecular flexibility index (Phi) is 9.01. The molecule has 0 aromatic heterocycles. The highest BCUT2D eigenvalue weighted by molar-refractivity contribution is 7.80. The van der Waals surface area contributed by atoms with Gasteiger partial charge in [0.15, 0.2) is 5.11 Å². The number of thiocarbonyl (C=S) groups is 1. The maximum atomic E-state index is 12.7. The lowest BCUT2D eigenvalue weighted by atomic mass is 10.1. The average Bonchev–Trinajstić information content (AvgIpc) is 2.70. The second-order valence-electron chi connectivity index (χ2n) is 6.90. The predicted molar refractivity (Wildman–Crippen MR) is 115 cm³/mol. The average molecular weight is 421 g/mol. The van der Waals surface area contributed by atoms with E-state index in [9.17, 15) is 14.4 Å². The summed E-state index contributed by atoms with van der Waals surface area (Å²) in [7, 11) is 2.04. The van der Waals surface area contributed by atoms with E-state index in [-0.39, 0.29) is 29.8 Å². The van der Waals surface area contributed by atoms with Gasteiger partial charge in [0.1, 0.15) is 0 Å². The number of hydrogen-bond donors (Lipinski definition) is 2. The Bertz CT molecular complexity index is 748. The summed E-state index contributed by atoms with van der Waals surface area (Å²) in [4.78, 5) is 40.1. The monoisotopic (exact) mass is 420 g/mol. The van der Waals surface area contributed by atoms with Crippen LogP contribution in [0.15, 0.2) is 24.3 Å². The Morgan fingerprint density at radius 2 is 1.86 bits per heavy atom. The third-order valence-corrected chi connectivity index (χ3v) is 4.64. The summed E-state index contributed by atoms with van der Waals surface area (Å²) in [6.45, 7) is 5.35. The molecule has 1 heterocycles. The molecule has 0 atom stereocenters. The molecule has 0 spiro atoms. The number of rotatable bonds is 7. The highest BCUT2D eigenvalue weighted by Gasteiger charge is 2.20. The maximum Gasteiger partial charge on any atom is 0.306 e. The Morgan fingerprint density at radius 1 is 1.14 bits per heavy atom. The normalized spacial score (nSPS) is 14.2. The topological polar surface area (TPSA) is 91.0 Å². The molecule has 9 heteroatoms. The number of nitrogens with zero attached hydrogens (tertiary/aromatic N) is 2. The van der Waals surface area contributed by atoms with Crippen molar-refractivity contribution < 1.29 is 19.1 Å². The smallest absolute Gasteiger partial charge is 0.306 e. The molecule has 1 aliphatic rings. The number of benzene rings is 1. The molecule has 2 rings (SSSR count). The van der Waals surface area contributed by atoms with Gasteiger partial charge in [0.05, 0.1) is 13.0 Å². The lowest BCUT2D eigenvalue weighted by molar-refractivity contribution is -0.144. The summed E-state index contributed by atoms with van der Waals surface area (Å²) in [6.07, 6.45) is 0.734. The number of carbonyl (C=O) groups is 3. The molecular formula is C20H28N4O4S. The van der Waals surface area contributed by atoms with Crippen LogP contribution in [0.3, 0.4) is 0 Å². The summed E-state index contributed by atoms with van der Waals surface area (Å²) in [6, 6.07) is 7.00. The third-order valence-electron chi connectivity index (χ3n) is 4.43. The minimum Gasteiger partial charge on any atom is -0.466 e. The van der Waals surface area contributed by atoms with E-state index in [4.69, 9.17) is 17.0 Å². The summed E-state index contributed by atoms with van der Waals surface area (Å²) < 4.78 is 4.93. The molecule has 158 valence electrons. The van der Waals surface area contributed by atoms with Gasteiger partial charge in [0, 0.05) is 43.9 Å². The van der Waals surface area contributed by atoms with Crippen molar-refractivity contribution in [3.63, 3.8) is 0 Å². The van der Waals surface area contributed by atoms with E-state index in [0.29, 0.717) is 30.9 Å². The quantitative estimate of drug-likeness (QED) is 0.512. The molecule has 0 saturated carbocycles. The van der Waals surface area contributed by atoms with Crippen LogP contribution in [0.1, 0.15) is 36.5 Å². The number of likely N-dealkylation sites (N-methyl/N-ethyl adjacent to an activating group) is 1. The molecule has 29 heavy (non-hydrogen) atoms. The van der Waals surface area contributed by atoms with Crippen LogP contribution in [0.25, 0.3) is 0 Å². The summed E-state index contributed by atoms with van der Waals surface area (Å²) in [5.41, 5.74) is 1.17. The van der Waals surface area contributed by atoms with Crippen LogP contribution >= 0.6 is 12.2 Å². The van der Waals surface area contributed by atoms with Crippen LogP contribution in [0, 0.1) is 0 Å². The SMILES string of the molecule is CCCOC(=O)CCC(=O)NC(=S)Nc1cccc(C(=O)N2CCN(C)CC2)c1. The summed E-state index contributed by atoms with van der Waals surface area (Å²) in [5, 5.41) is 5.55. The van der Waals surface area contributed by atoms with E-state index in [0.717, 1.165) is 19.5 Å². The van der Waals surface area contributed by atoms with Crippen LogP contribution in [0.4, 0.5) is 5.69 Å². The van der Waals surface area contributed by atoms with Crippen LogP contribution in [-0.4, -0.2) is 72.5 Å². The van der Waals surface area contributed by atoms with Crippen molar-refractivity contribution in [2.24, 2.45) is 0 Å². The first-order chi connectivity index (χ1) is 13.9. The van der Waals surface area contributed by atoms with Crippen LogP contribution in [0.5, 0.6) is 0 Å². The molecule has 0 aliphatic carbocycles. The molecule has 0 bridgehead atoms. The number of amides is 2. The Balaban J connectivity index is 1.83. The number of esters is 1. The van der Waals surface area contributed by atoms with Gasteiger partial charge in [-0.25, -0.2) is 0 Å². The van der Waals surface area contributed by atoms with Gasteiger partial charge in [-0.2, -0.15) is 0 Å². The molecule has 1 aromatic carbocycles. The first-order valence-electron chi connectivity index (χ1n) is 9.73. The fourth-order valence-electron chi connectivity index (χ4n) is 2.78. The molecule has 0 unspecified atom stereocenters. The fourth-order valence-corrected chi connectivity index (χ4v) is 3.01. The van der Waals surface area contributed by atoms with Crippen molar-refractivity contribution >= 4 is 40.8 Å². The van der Waals surface area contributed by atoms with Crippen LogP contribution in [0.2, 0.25) is 0 Å². The number of ether oxygens (including phenoxy) is 1. The van der Waals surface area contributed by atoms with Crippen molar-refractivity contribution in [3.05, 3.63) is 29.8 Å². The van der Waals surface area contributed by atoms with E-state index in [1.807, 2.05) is 18.9 Å². The Hall–Kier alpha value is -2.52. The first kappa shape index (κ1) is 22.8. The van der Waals surface area contributed by atoms with Gasteiger partial charge < -0.3 is 25.2 Å². The van der Waals surface area contributed by atoms with Gasteiger partial charge in [0.25, 0.3) is 5.91 Å². The zero-order chi connectivity index (χ0) is 21.2. The second-order valence-corrected chi connectivity index (χ2v) is 7.31. The number of piperazine rings is 1. The molecule has 1 saturated heterocycles. The van der Waals surface area contributed by atoms with Gasteiger partial charge in [-0.05, 0) is 43.9 Å². The lowest BCUT2D eigenvalue weighted by Crippen LogP contribution is -2.47. The molecular weight excluding hydrogens is 392 g/mol. The highest BCUT2D eigenvalue weighted by Crippen LogP contribution is 2.14. The minimum absolute atomic E-state index is 0.00343. The second kappa shape index (κ2) is 11.5. The lowest BCUT2D eigenvalue weighted by Gasteiger charge is -2.32. The van der Waals surface area contributed by atoms with E-state index in [2.05, 4.69) is 15.5 Å². The van der Waals surface area contributed by atoms with Crippen molar-refractivity contribution in [2.75, 3.05) is 45.2 Å². The van der Waals surface area contributed by atoms with Crippen molar-refractivity contribution in [1.29, 1.82) is 0 Å². The summed E-state index contributed by atoms with van der Waals surface area (Å²) >= 11 is 5.15. The Morgan fingerprint density at radius 3 is 2.55 bits per heavy atom. The summed E-state index contributed by atoms with van der Waals surface area (Å²) in [5.74, 6) is -0.807. The van der Waals surface area contributed by atoms with Crippen molar-refractivity contribution in [3.8, 4) is 0 Å². The molecule has 1 aromatic rings. The molecule has 1 aliphatic heterocycles. The van der Waals surface area contributed by atoms with Gasteiger partial charge in [-0.3, -0.25) is 14.4 Å². The van der Waals surface area contributed by atoms with Gasteiger partial charge >= 0.3 is 5.97 Å². The highest BCUT2D eigenvalue weighted by atomic mass is 32.1. The number of anilines is 1.